The molecule has 0 amide bonds. The van der Waals surface area contributed by atoms with Gasteiger partial charge in [-0.05, 0) is 39.7 Å². The van der Waals surface area contributed by atoms with Gasteiger partial charge < -0.3 is 19.3 Å². The lowest BCUT2D eigenvalue weighted by molar-refractivity contribution is -0.170. The molecule has 1 aromatic rings. The van der Waals surface area contributed by atoms with E-state index in [9.17, 15) is 14.4 Å². The molecule has 0 aliphatic rings. The van der Waals surface area contributed by atoms with Crippen molar-refractivity contribution in [3.05, 3.63) is 72.4 Å². The summed E-state index contributed by atoms with van der Waals surface area (Å²) in [6.07, 6.45) is 1.58. The Hall–Kier alpha value is -3.19. The summed E-state index contributed by atoms with van der Waals surface area (Å²) < 4.78 is 15.1. The van der Waals surface area contributed by atoms with E-state index >= 15 is 0 Å². The first-order chi connectivity index (χ1) is 14.9. The molecule has 0 aromatic heterocycles. The Morgan fingerprint density at radius 1 is 0.938 bits per heavy atom. The van der Waals surface area contributed by atoms with Crippen LogP contribution in [0.1, 0.15) is 53.0 Å². The van der Waals surface area contributed by atoms with Gasteiger partial charge in [-0.15, -0.1) is 0 Å². The summed E-state index contributed by atoms with van der Waals surface area (Å²) in [6, 6.07) is 9.55. The summed E-state index contributed by atoms with van der Waals surface area (Å²) in [7, 11) is 0. The predicted molar refractivity (Wildman–Crippen MR) is 125 cm³/mol. The Bertz CT molecular complexity index is 739. The number of carboxylic acid groups (broad SMARTS) is 1. The van der Waals surface area contributed by atoms with Crippen molar-refractivity contribution in [2.24, 2.45) is 0 Å². The van der Waals surface area contributed by atoms with Gasteiger partial charge in [0.2, 0.25) is 0 Å². The fourth-order valence-corrected chi connectivity index (χ4v) is 1.53. The third-order valence-electron chi connectivity index (χ3n) is 3.40. The number of unbranched alkanes of at least 4 members (excludes halogenated alkanes) is 1. The number of hydrogen-bond acceptors (Lipinski definition) is 6. The number of rotatable bonds is 10. The van der Waals surface area contributed by atoms with E-state index in [1.165, 1.54) is 6.92 Å². The molecule has 178 valence electrons. The molecule has 0 fully saturated rings. The van der Waals surface area contributed by atoms with Gasteiger partial charge in [-0.1, -0.05) is 63.4 Å². The van der Waals surface area contributed by atoms with E-state index in [1.54, 1.807) is 20.8 Å². The number of esters is 2. The Balaban J connectivity index is 0. The summed E-state index contributed by atoms with van der Waals surface area (Å²) >= 11 is 0. The molecule has 1 aromatic carbocycles. The highest BCUT2D eigenvalue weighted by Gasteiger charge is 2.09. The van der Waals surface area contributed by atoms with E-state index < -0.39 is 18.2 Å². The minimum absolute atomic E-state index is 0.176. The maximum absolute atomic E-state index is 11.0. The highest BCUT2D eigenvalue weighted by molar-refractivity contribution is 5.87. The lowest BCUT2D eigenvalue weighted by Crippen LogP contribution is -2.18. The summed E-state index contributed by atoms with van der Waals surface area (Å²) in [6.45, 7) is 19.5. The molecular formula is C25H36O7. The van der Waals surface area contributed by atoms with Gasteiger partial charge in [0.25, 0.3) is 0 Å². The van der Waals surface area contributed by atoms with Crippen LogP contribution in [0, 0.1) is 0 Å². The molecule has 0 aliphatic heterocycles. The first-order valence-corrected chi connectivity index (χ1v) is 10.2. The zero-order chi connectivity index (χ0) is 25.1. The summed E-state index contributed by atoms with van der Waals surface area (Å²) in [4.78, 5) is 31.6. The van der Waals surface area contributed by atoms with E-state index in [1.807, 2.05) is 30.3 Å². The maximum atomic E-state index is 11.0. The third-order valence-corrected chi connectivity index (χ3v) is 3.40. The molecular weight excluding hydrogens is 412 g/mol. The highest BCUT2D eigenvalue weighted by Crippen LogP contribution is 2.03. The van der Waals surface area contributed by atoms with Crippen LogP contribution in [0.3, 0.4) is 0 Å². The fraction of sp³-hybridized carbons (Fsp3) is 0.400. The molecule has 0 saturated carbocycles. The molecule has 32 heavy (non-hydrogen) atoms. The normalized spacial score (nSPS) is 10.2. The highest BCUT2D eigenvalue weighted by atomic mass is 16.7. The number of benzene rings is 1. The average molecular weight is 449 g/mol. The quantitative estimate of drug-likeness (QED) is 0.227. The zero-order valence-electron chi connectivity index (χ0n) is 19.8. The standard InChI is InChI=1S/C11H12O2.C10H18O3.C4H6O2/c1-9(2)11(12)13-8-10-6-4-3-5-7-10;1-5-6-7-12-9(4)13-10(11)8(2)3;1-3(2)4(5)6/h3-7H,1,8H2,2H3;9H,2,5-7H2,1,3-4H3;1H2,2H3,(H,5,6). The summed E-state index contributed by atoms with van der Waals surface area (Å²) in [5, 5.41) is 7.89. The third kappa shape index (κ3) is 18.8. The smallest absolute Gasteiger partial charge is 0.335 e. The van der Waals surface area contributed by atoms with Crippen LogP contribution in [-0.2, 0) is 35.2 Å². The van der Waals surface area contributed by atoms with Gasteiger partial charge in [-0.25, -0.2) is 14.4 Å². The van der Waals surface area contributed by atoms with E-state index in [2.05, 4.69) is 26.7 Å². The van der Waals surface area contributed by atoms with Gasteiger partial charge in [-0.2, -0.15) is 0 Å². The lowest BCUT2D eigenvalue weighted by Gasteiger charge is -2.13. The summed E-state index contributed by atoms with van der Waals surface area (Å²) in [5.41, 5.74) is 1.98. The second-order valence-electron chi connectivity index (χ2n) is 6.91. The second kappa shape index (κ2) is 18.6. The average Bonchev–Trinajstić information content (AvgIpc) is 2.73. The maximum Gasteiger partial charge on any atom is 0.335 e. The van der Waals surface area contributed by atoms with Gasteiger partial charge in [0, 0.05) is 16.7 Å². The molecule has 1 rings (SSSR count). The van der Waals surface area contributed by atoms with Crippen molar-refractivity contribution in [3.63, 3.8) is 0 Å². The van der Waals surface area contributed by atoms with Gasteiger partial charge in [0.1, 0.15) is 6.61 Å². The van der Waals surface area contributed by atoms with Crippen molar-refractivity contribution in [1.29, 1.82) is 0 Å². The van der Waals surface area contributed by atoms with Crippen molar-refractivity contribution in [3.8, 4) is 0 Å². The zero-order valence-corrected chi connectivity index (χ0v) is 19.8. The first kappa shape index (κ1) is 31.0. The molecule has 7 heteroatoms. The molecule has 1 N–H and O–H groups in total. The van der Waals surface area contributed by atoms with Crippen LogP contribution in [0.4, 0.5) is 0 Å². The monoisotopic (exact) mass is 448 g/mol. The van der Waals surface area contributed by atoms with Crippen LogP contribution in [0.15, 0.2) is 66.8 Å². The molecule has 0 bridgehead atoms. The van der Waals surface area contributed by atoms with Crippen LogP contribution in [0.2, 0.25) is 0 Å². The molecule has 0 spiro atoms. The number of carbonyl (C=O) groups excluding carboxylic acids is 2. The SMILES string of the molecule is C=C(C)C(=O)O.C=C(C)C(=O)OC(C)OCCCC.C=C(C)C(=O)OCc1ccccc1. The molecule has 7 nitrogen and oxygen atoms in total. The predicted octanol–water partition coefficient (Wildman–Crippen LogP) is 5.22. The molecule has 0 heterocycles. The first-order valence-electron chi connectivity index (χ1n) is 10.2. The van der Waals surface area contributed by atoms with Crippen molar-refractivity contribution in [1.82, 2.24) is 0 Å². The van der Waals surface area contributed by atoms with Gasteiger partial charge in [0.15, 0.2) is 6.29 Å². The Kier molecular flexibility index (Phi) is 18.0. The number of ether oxygens (including phenoxy) is 3. The van der Waals surface area contributed by atoms with Crippen molar-refractivity contribution < 1.29 is 33.7 Å². The van der Waals surface area contributed by atoms with Crippen molar-refractivity contribution in [2.45, 2.75) is 60.4 Å². The minimum atomic E-state index is -0.935. The van der Waals surface area contributed by atoms with E-state index in [4.69, 9.17) is 19.3 Å². The van der Waals surface area contributed by atoms with E-state index in [0.29, 0.717) is 24.4 Å². The molecule has 1 unspecified atom stereocenters. The number of carboxylic acids is 1. The molecule has 0 saturated heterocycles. The van der Waals surface area contributed by atoms with Gasteiger partial charge >= 0.3 is 17.9 Å². The van der Waals surface area contributed by atoms with Gasteiger partial charge in [0.05, 0.1) is 6.61 Å². The van der Waals surface area contributed by atoms with Crippen molar-refractivity contribution >= 4 is 17.9 Å². The minimum Gasteiger partial charge on any atom is -0.478 e. The van der Waals surface area contributed by atoms with Crippen LogP contribution in [0.5, 0.6) is 0 Å². The Morgan fingerprint density at radius 3 is 1.84 bits per heavy atom. The Morgan fingerprint density at radius 2 is 1.44 bits per heavy atom. The van der Waals surface area contributed by atoms with Crippen LogP contribution >= 0.6 is 0 Å². The molecule has 0 radical (unpaired) electrons. The van der Waals surface area contributed by atoms with Crippen LogP contribution in [-0.4, -0.2) is 35.9 Å². The lowest BCUT2D eigenvalue weighted by atomic mass is 10.2. The largest absolute Gasteiger partial charge is 0.478 e. The van der Waals surface area contributed by atoms with Crippen LogP contribution in [0.25, 0.3) is 0 Å². The van der Waals surface area contributed by atoms with Crippen LogP contribution < -0.4 is 0 Å². The second-order valence-corrected chi connectivity index (χ2v) is 6.91. The molecule has 1 atom stereocenters. The number of hydrogen-bond donors (Lipinski definition) is 1. The number of carbonyl (C=O) groups is 3. The molecule has 0 aliphatic carbocycles. The topological polar surface area (TPSA) is 99.1 Å². The van der Waals surface area contributed by atoms with E-state index in [0.717, 1.165) is 18.4 Å². The number of aliphatic carboxylic acids is 1. The van der Waals surface area contributed by atoms with Gasteiger partial charge in [-0.3, -0.25) is 0 Å². The fourth-order valence-electron chi connectivity index (χ4n) is 1.53. The summed E-state index contributed by atoms with van der Waals surface area (Å²) in [5.74, 6) is -1.68. The van der Waals surface area contributed by atoms with Crippen molar-refractivity contribution in [2.75, 3.05) is 6.61 Å². The van der Waals surface area contributed by atoms with E-state index in [-0.39, 0.29) is 11.5 Å². The Labute approximate surface area is 191 Å².